The summed E-state index contributed by atoms with van der Waals surface area (Å²) in [6, 6.07) is 27.3. The Morgan fingerprint density at radius 1 is 0.731 bits per heavy atom. The lowest BCUT2D eigenvalue weighted by Crippen LogP contribution is -2.11. The second-order valence-electron chi connectivity index (χ2n) is 6.21. The summed E-state index contributed by atoms with van der Waals surface area (Å²) in [7, 11) is 3.37. The zero-order valence-corrected chi connectivity index (χ0v) is 14.9. The Morgan fingerprint density at radius 3 is 1.88 bits per heavy atom. The van der Waals surface area contributed by atoms with Gasteiger partial charge in [-0.15, -0.1) is 0 Å². The molecule has 0 N–H and O–H groups in total. The monoisotopic (exact) mass is 343 g/mol. The van der Waals surface area contributed by atoms with Crippen LogP contribution in [-0.2, 0) is 0 Å². The Morgan fingerprint density at radius 2 is 1.35 bits per heavy atom. The Bertz CT molecular complexity index is 967. The average Bonchev–Trinajstić information content (AvgIpc) is 3.13. The van der Waals surface area contributed by atoms with Crippen LogP contribution in [0.5, 0.6) is 11.5 Å². The number of ether oxygens (including phenoxy) is 2. The SMILES string of the molecule is COc1cc(OC)c2ccn(C(c3ccccc3)c3ccccc3)c2c1. The molecule has 0 saturated carbocycles. The Labute approximate surface area is 153 Å². The highest BCUT2D eigenvalue weighted by atomic mass is 16.5. The number of benzene rings is 3. The van der Waals surface area contributed by atoms with Crippen LogP contribution in [0.1, 0.15) is 17.2 Å². The molecular formula is C23H21NO2. The van der Waals surface area contributed by atoms with Crippen LogP contribution < -0.4 is 9.47 Å². The van der Waals surface area contributed by atoms with Gasteiger partial charge in [0.25, 0.3) is 0 Å². The number of hydrogen-bond acceptors (Lipinski definition) is 2. The van der Waals surface area contributed by atoms with Crippen LogP contribution in [0.15, 0.2) is 85.1 Å². The summed E-state index contributed by atoms with van der Waals surface area (Å²) in [5.41, 5.74) is 3.55. The molecule has 0 fully saturated rings. The fraction of sp³-hybridized carbons (Fsp3) is 0.130. The number of nitrogens with zero attached hydrogens (tertiary/aromatic N) is 1. The Kier molecular flexibility index (Phi) is 4.36. The van der Waals surface area contributed by atoms with Crippen molar-refractivity contribution in [3.8, 4) is 11.5 Å². The molecule has 1 heterocycles. The second-order valence-corrected chi connectivity index (χ2v) is 6.21. The Hall–Kier alpha value is -3.20. The minimum Gasteiger partial charge on any atom is -0.497 e. The Balaban J connectivity index is 1.97. The van der Waals surface area contributed by atoms with E-state index in [1.807, 2.05) is 18.2 Å². The number of hydrogen-bond donors (Lipinski definition) is 0. The standard InChI is InChI=1S/C23H21NO2/c1-25-19-15-21-20(22(16-19)26-2)13-14-24(21)23(17-9-5-3-6-10-17)18-11-7-4-8-12-18/h3-16,23H,1-2H3. The van der Waals surface area contributed by atoms with E-state index in [9.17, 15) is 0 Å². The van der Waals surface area contributed by atoms with Crippen molar-refractivity contribution in [3.63, 3.8) is 0 Å². The largest absolute Gasteiger partial charge is 0.497 e. The van der Waals surface area contributed by atoms with Crippen LogP contribution in [0.4, 0.5) is 0 Å². The van der Waals surface area contributed by atoms with E-state index in [1.165, 1.54) is 11.1 Å². The molecule has 0 bridgehead atoms. The molecule has 4 aromatic rings. The van der Waals surface area contributed by atoms with Gasteiger partial charge < -0.3 is 14.0 Å². The van der Waals surface area contributed by atoms with E-state index in [0.717, 1.165) is 22.4 Å². The van der Waals surface area contributed by atoms with Gasteiger partial charge in [0.05, 0.1) is 25.8 Å². The number of rotatable bonds is 5. The summed E-state index contributed by atoms with van der Waals surface area (Å²) in [5.74, 6) is 1.60. The van der Waals surface area contributed by atoms with Crippen molar-refractivity contribution in [2.24, 2.45) is 0 Å². The number of fused-ring (bicyclic) bond motifs is 1. The maximum Gasteiger partial charge on any atom is 0.131 e. The maximum absolute atomic E-state index is 5.58. The predicted octanol–water partition coefficient (Wildman–Crippen LogP) is 5.30. The van der Waals surface area contributed by atoms with Gasteiger partial charge in [-0.3, -0.25) is 0 Å². The summed E-state index contributed by atoms with van der Waals surface area (Å²) < 4.78 is 13.4. The summed E-state index contributed by atoms with van der Waals surface area (Å²) >= 11 is 0. The molecule has 3 aromatic carbocycles. The molecule has 1 aromatic heterocycles. The minimum absolute atomic E-state index is 0.0757. The van der Waals surface area contributed by atoms with Crippen LogP contribution in [0.3, 0.4) is 0 Å². The predicted molar refractivity (Wildman–Crippen MR) is 105 cm³/mol. The van der Waals surface area contributed by atoms with Crippen LogP contribution in [0, 0.1) is 0 Å². The maximum atomic E-state index is 5.58. The first kappa shape index (κ1) is 16.3. The van der Waals surface area contributed by atoms with Gasteiger partial charge in [0.1, 0.15) is 11.5 Å². The molecule has 26 heavy (non-hydrogen) atoms. The highest BCUT2D eigenvalue weighted by Gasteiger charge is 2.19. The molecule has 0 spiro atoms. The van der Waals surface area contributed by atoms with Crippen molar-refractivity contribution in [1.29, 1.82) is 0 Å². The van der Waals surface area contributed by atoms with Gasteiger partial charge in [-0.1, -0.05) is 60.7 Å². The van der Waals surface area contributed by atoms with Gasteiger partial charge in [0.2, 0.25) is 0 Å². The third-order valence-electron chi connectivity index (χ3n) is 4.74. The lowest BCUT2D eigenvalue weighted by molar-refractivity contribution is 0.397. The van der Waals surface area contributed by atoms with Gasteiger partial charge >= 0.3 is 0 Å². The molecule has 0 amide bonds. The van der Waals surface area contributed by atoms with Gasteiger partial charge in [-0.05, 0) is 17.2 Å². The van der Waals surface area contributed by atoms with Gasteiger partial charge in [-0.25, -0.2) is 0 Å². The van der Waals surface area contributed by atoms with Crippen LogP contribution in [-0.4, -0.2) is 18.8 Å². The van der Waals surface area contributed by atoms with E-state index >= 15 is 0 Å². The molecular weight excluding hydrogens is 322 g/mol. The third kappa shape index (κ3) is 2.82. The first-order valence-electron chi connectivity index (χ1n) is 8.64. The van der Waals surface area contributed by atoms with Crippen molar-refractivity contribution in [3.05, 3.63) is 96.2 Å². The zero-order valence-electron chi connectivity index (χ0n) is 14.9. The van der Waals surface area contributed by atoms with Gasteiger partial charge in [0.15, 0.2) is 0 Å². The molecule has 0 aliphatic rings. The van der Waals surface area contributed by atoms with Crippen molar-refractivity contribution in [2.75, 3.05) is 14.2 Å². The van der Waals surface area contributed by atoms with Crippen molar-refractivity contribution in [2.45, 2.75) is 6.04 Å². The lowest BCUT2D eigenvalue weighted by Gasteiger charge is -2.22. The third-order valence-corrected chi connectivity index (χ3v) is 4.74. The highest BCUT2D eigenvalue weighted by molar-refractivity contribution is 5.88. The molecule has 4 rings (SSSR count). The number of methoxy groups -OCH3 is 2. The van der Waals surface area contributed by atoms with Gasteiger partial charge in [-0.2, -0.15) is 0 Å². The number of aromatic nitrogens is 1. The topological polar surface area (TPSA) is 23.4 Å². The quantitative estimate of drug-likeness (QED) is 0.491. The minimum atomic E-state index is 0.0757. The van der Waals surface area contributed by atoms with E-state index in [4.69, 9.17) is 9.47 Å². The van der Waals surface area contributed by atoms with Gasteiger partial charge in [0, 0.05) is 23.7 Å². The molecule has 0 saturated heterocycles. The summed E-state index contributed by atoms with van der Waals surface area (Å²) in [6.45, 7) is 0. The highest BCUT2D eigenvalue weighted by Crippen LogP contribution is 2.36. The fourth-order valence-corrected chi connectivity index (χ4v) is 3.50. The van der Waals surface area contributed by atoms with Crippen LogP contribution >= 0.6 is 0 Å². The fourth-order valence-electron chi connectivity index (χ4n) is 3.50. The van der Waals surface area contributed by atoms with E-state index < -0.39 is 0 Å². The van der Waals surface area contributed by atoms with E-state index in [0.29, 0.717) is 0 Å². The average molecular weight is 343 g/mol. The molecule has 3 heteroatoms. The first-order valence-corrected chi connectivity index (χ1v) is 8.64. The molecule has 0 radical (unpaired) electrons. The van der Waals surface area contributed by atoms with Crippen LogP contribution in [0.25, 0.3) is 10.9 Å². The molecule has 0 unspecified atom stereocenters. The van der Waals surface area contributed by atoms with E-state index in [-0.39, 0.29) is 6.04 Å². The van der Waals surface area contributed by atoms with E-state index in [2.05, 4.69) is 71.4 Å². The summed E-state index contributed by atoms with van der Waals surface area (Å²) in [4.78, 5) is 0. The molecule has 3 nitrogen and oxygen atoms in total. The summed E-state index contributed by atoms with van der Waals surface area (Å²) in [6.07, 6.45) is 2.12. The molecule has 0 atom stereocenters. The lowest BCUT2D eigenvalue weighted by atomic mass is 9.98. The molecule has 130 valence electrons. The zero-order chi connectivity index (χ0) is 17.9. The normalized spacial score (nSPS) is 11.0. The summed E-state index contributed by atoms with van der Waals surface area (Å²) in [5, 5.41) is 1.07. The molecule has 0 aliphatic carbocycles. The van der Waals surface area contributed by atoms with Crippen molar-refractivity contribution < 1.29 is 9.47 Å². The first-order chi connectivity index (χ1) is 12.8. The molecule has 0 aliphatic heterocycles. The van der Waals surface area contributed by atoms with Crippen LogP contribution in [0.2, 0.25) is 0 Å². The van der Waals surface area contributed by atoms with E-state index in [1.54, 1.807) is 14.2 Å². The van der Waals surface area contributed by atoms with Crippen molar-refractivity contribution in [1.82, 2.24) is 4.57 Å². The second kappa shape index (κ2) is 6.96. The smallest absolute Gasteiger partial charge is 0.131 e. The van der Waals surface area contributed by atoms with Crippen molar-refractivity contribution >= 4 is 10.9 Å².